The SMILES string of the molecule is CN1CCC(Oc2ccc(NC(=O)NCc3n[nH]c(=O)[nH]3)cc2)CC1. The first-order valence-corrected chi connectivity index (χ1v) is 8.22. The molecule has 1 aromatic carbocycles. The monoisotopic (exact) mass is 346 g/mol. The minimum Gasteiger partial charge on any atom is -0.490 e. The highest BCUT2D eigenvalue weighted by atomic mass is 16.5. The minimum absolute atomic E-state index is 0.127. The zero-order valence-electron chi connectivity index (χ0n) is 14.0. The van der Waals surface area contributed by atoms with Crippen LogP contribution in [-0.2, 0) is 6.54 Å². The maximum Gasteiger partial charge on any atom is 0.340 e. The standard InChI is InChI=1S/C16H22N6O3/c1-22-8-6-13(7-9-22)25-12-4-2-11(3-5-12)18-15(23)17-10-14-19-16(24)21-20-14/h2-5,13H,6-10H2,1H3,(H2,17,18,23)(H2,19,20,21,24). The van der Waals surface area contributed by atoms with Gasteiger partial charge >= 0.3 is 11.7 Å². The van der Waals surface area contributed by atoms with Crippen LogP contribution in [0.25, 0.3) is 0 Å². The van der Waals surface area contributed by atoms with Gasteiger partial charge in [0.25, 0.3) is 0 Å². The summed E-state index contributed by atoms with van der Waals surface area (Å²) < 4.78 is 5.97. The molecule has 0 aliphatic carbocycles. The van der Waals surface area contributed by atoms with Crippen molar-refractivity contribution in [2.45, 2.75) is 25.5 Å². The molecule has 0 bridgehead atoms. The van der Waals surface area contributed by atoms with Crippen LogP contribution in [0.15, 0.2) is 29.1 Å². The van der Waals surface area contributed by atoms with Crippen molar-refractivity contribution in [2.24, 2.45) is 0 Å². The quantitative estimate of drug-likeness (QED) is 0.642. The Morgan fingerprint density at radius 1 is 1.32 bits per heavy atom. The van der Waals surface area contributed by atoms with Crippen molar-refractivity contribution in [3.63, 3.8) is 0 Å². The van der Waals surface area contributed by atoms with Gasteiger partial charge in [-0.25, -0.2) is 14.7 Å². The Bertz CT molecular complexity index is 746. The zero-order valence-corrected chi connectivity index (χ0v) is 14.0. The van der Waals surface area contributed by atoms with Gasteiger partial charge in [0.05, 0.1) is 6.54 Å². The summed E-state index contributed by atoms with van der Waals surface area (Å²) in [5.74, 6) is 1.16. The van der Waals surface area contributed by atoms with Crippen LogP contribution in [0.2, 0.25) is 0 Å². The molecule has 2 amide bonds. The molecule has 1 fully saturated rings. The van der Waals surface area contributed by atoms with Crippen LogP contribution in [-0.4, -0.2) is 52.4 Å². The molecule has 1 aliphatic rings. The molecular weight excluding hydrogens is 324 g/mol. The van der Waals surface area contributed by atoms with Crippen molar-refractivity contribution < 1.29 is 9.53 Å². The molecule has 2 aromatic rings. The van der Waals surface area contributed by atoms with Crippen LogP contribution in [0.5, 0.6) is 5.75 Å². The van der Waals surface area contributed by atoms with Gasteiger partial charge in [0.15, 0.2) is 0 Å². The lowest BCUT2D eigenvalue weighted by molar-refractivity contribution is 0.114. The summed E-state index contributed by atoms with van der Waals surface area (Å²) in [6, 6.07) is 6.89. The molecule has 3 rings (SSSR count). The number of nitrogens with one attached hydrogen (secondary N) is 4. The third-order valence-corrected chi connectivity index (χ3v) is 4.05. The summed E-state index contributed by atoms with van der Waals surface area (Å²) in [6.45, 7) is 2.22. The maximum atomic E-state index is 11.8. The van der Waals surface area contributed by atoms with Gasteiger partial charge in [0.2, 0.25) is 0 Å². The summed E-state index contributed by atoms with van der Waals surface area (Å²) >= 11 is 0. The number of aromatic amines is 2. The largest absolute Gasteiger partial charge is 0.490 e. The highest BCUT2D eigenvalue weighted by Gasteiger charge is 2.17. The summed E-state index contributed by atoms with van der Waals surface area (Å²) in [7, 11) is 2.12. The van der Waals surface area contributed by atoms with Gasteiger partial charge in [0.1, 0.15) is 17.7 Å². The minimum atomic E-state index is -0.405. The molecule has 0 atom stereocenters. The Kier molecular flexibility index (Phi) is 5.34. The molecule has 0 unspecified atom stereocenters. The van der Waals surface area contributed by atoms with E-state index in [9.17, 15) is 9.59 Å². The first-order valence-electron chi connectivity index (χ1n) is 8.22. The molecule has 134 valence electrons. The second-order valence-corrected chi connectivity index (χ2v) is 6.08. The number of urea groups is 1. The predicted octanol–water partition coefficient (Wildman–Crippen LogP) is 0.893. The van der Waals surface area contributed by atoms with Gasteiger partial charge in [-0.05, 0) is 44.2 Å². The number of nitrogens with zero attached hydrogens (tertiary/aromatic N) is 2. The molecule has 9 nitrogen and oxygen atoms in total. The Labute approximate surface area is 144 Å². The molecule has 4 N–H and O–H groups in total. The number of benzene rings is 1. The number of aromatic nitrogens is 3. The zero-order chi connectivity index (χ0) is 17.6. The number of likely N-dealkylation sites (tertiary alicyclic amines) is 1. The van der Waals surface area contributed by atoms with Gasteiger partial charge in [-0.1, -0.05) is 0 Å². The lowest BCUT2D eigenvalue weighted by Crippen LogP contribution is -2.35. The molecule has 1 saturated heterocycles. The fraction of sp³-hybridized carbons (Fsp3) is 0.438. The summed E-state index contributed by atoms with van der Waals surface area (Å²) in [4.78, 5) is 27.5. The van der Waals surface area contributed by atoms with Crippen LogP contribution in [0.3, 0.4) is 0 Å². The molecule has 1 aromatic heterocycles. The van der Waals surface area contributed by atoms with Crippen LogP contribution in [0, 0.1) is 0 Å². The van der Waals surface area contributed by atoms with Crippen molar-refractivity contribution in [2.75, 3.05) is 25.5 Å². The van der Waals surface area contributed by atoms with E-state index in [-0.39, 0.29) is 18.7 Å². The van der Waals surface area contributed by atoms with Gasteiger partial charge < -0.3 is 20.3 Å². The average molecular weight is 346 g/mol. The highest BCUT2D eigenvalue weighted by Crippen LogP contribution is 2.20. The highest BCUT2D eigenvalue weighted by molar-refractivity contribution is 5.89. The van der Waals surface area contributed by atoms with Crippen molar-refractivity contribution in [3.05, 3.63) is 40.6 Å². The van der Waals surface area contributed by atoms with Crippen LogP contribution in [0.1, 0.15) is 18.7 Å². The number of amides is 2. The van der Waals surface area contributed by atoms with Crippen LogP contribution in [0.4, 0.5) is 10.5 Å². The van der Waals surface area contributed by atoms with Gasteiger partial charge in [-0.3, -0.25) is 4.98 Å². The van der Waals surface area contributed by atoms with E-state index >= 15 is 0 Å². The van der Waals surface area contributed by atoms with Crippen molar-refractivity contribution in [3.8, 4) is 5.75 Å². The fourth-order valence-corrected chi connectivity index (χ4v) is 2.64. The number of hydrogen-bond acceptors (Lipinski definition) is 5. The van der Waals surface area contributed by atoms with E-state index in [4.69, 9.17) is 4.74 Å². The Balaban J connectivity index is 1.45. The van der Waals surface area contributed by atoms with Crippen LogP contribution < -0.4 is 21.1 Å². The van der Waals surface area contributed by atoms with E-state index in [1.54, 1.807) is 12.1 Å². The Morgan fingerprint density at radius 2 is 2.04 bits per heavy atom. The van der Waals surface area contributed by atoms with Crippen LogP contribution >= 0.6 is 0 Å². The fourth-order valence-electron chi connectivity index (χ4n) is 2.64. The van der Waals surface area contributed by atoms with E-state index in [1.807, 2.05) is 12.1 Å². The van der Waals surface area contributed by atoms with E-state index in [1.165, 1.54) is 0 Å². The molecule has 0 spiro atoms. The first-order chi connectivity index (χ1) is 12.1. The molecule has 0 saturated carbocycles. The number of ether oxygens (including phenoxy) is 1. The summed E-state index contributed by atoms with van der Waals surface area (Å²) in [5.41, 5.74) is 0.251. The lowest BCUT2D eigenvalue weighted by Gasteiger charge is -2.29. The van der Waals surface area contributed by atoms with Gasteiger partial charge in [0, 0.05) is 18.8 Å². The number of piperidine rings is 1. The number of rotatable bonds is 5. The smallest absolute Gasteiger partial charge is 0.340 e. The molecular formula is C16H22N6O3. The maximum absolute atomic E-state index is 11.8. The Morgan fingerprint density at radius 3 is 2.68 bits per heavy atom. The van der Waals surface area contributed by atoms with Gasteiger partial charge in [-0.2, -0.15) is 5.10 Å². The number of anilines is 1. The number of hydrogen-bond donors (Lipinski definition) is 4. The number of H-pyrrole nitrogens is 2. The topological polar surface area (TPSA) is 115 Å². The number of carbonyl (C=O) groups excluding carboxylic acids is 1. The summed E-state index contributed by atoms with van der Waals surface area (Å²) in [5, 5.41) is 11.3. The van der Waals surface area contributed by atoms with Crippen molar-refractivity contribution in [1.82, 2.24) is 25.4 Å². The molecule has 1 aliphatic heterocycles. The first kappa shape index (κ1) is 17.0. The third kappa shape index (κ3) is 5.08. The van der Waals surface area contributed by atoms with Crippen molar-refractivity contribution in [1.29, 1.82) is 0 Å². The Hall–Kier alpha value is -2.81. The molecule has 25 heavy (non-hydrogen) atoms. The molecule has 9 heteroatoms. The lowest BCUT2D eigenvalue weighted by atomic mass is 10.1. The molecule has 0 radical (unpaired) electrons. The van der Waals surface area contributed by atoms with E-state index in [0.29, 0.717) is 11.5 Å². The van der Waals surface area contributed by atoms with E-state index < -0.39 is 5.69 Å². The normalized spacial score (nSPS) is 15.7. The van der Waals surface area contributed by atoms with Crippen molar-refractivity contribution >= 4 is 11.7 Å². The van der Waals surface area contributed by atoms with Gasteiger partial charge in [-0.15, -0.1) is 0 Å². The third-order valence-electron chi connectivity index (χ3n) is 4.05. The molecule has 2 heterocycles. The predicted molar refractivity (Wildman–Crippen MR) is 92.7 cm³/mol. The van der Waals surface area contributed by atoms with E-state index in [0.717, 1.165) is 31.7 Å². The van der Waals surface area contributed by atoms with E-state index in [2.05, 4.69) is 37.8 Å². The second-order valence-electron chi connectivity index (χ2n) is 6.08. The number of carbonyl (C=O) groups is 1. The second kappa shape index (κ2) is 7.84. The summed E-state index contributed by atoms with van der Waals surface area (Å²) in [6.07, 6.45) is 2.29. The average Bonchev–Trinajstić information content (AvgIpc) is 3.02.